The molecule has 1 aliphatic rings. The number of hydrogen-bond donors (Lipinski definition) is 0. The quantitative estimate of drug-likeness (QED) is 0.614. The molecule has 0 aliphatic heterocycles. The molecule has 1 heterocycles. The third-order valence-electron chi connectivity index (χ3n) is 4.96. The summed E-state index contributed by atoms with van der Waals surface area (Å²) >= 11 is 5.56. The first-order chi connectivity index (χ1) is 12.5. The number of methoxy groups -OCH3 is 1. The summed E-state index contributed by atoms with van der Waals surface area (Å²) in [4.78, 5) is 2.24. The number of rotatable bonds is 6. The van der Waals surface area contributed by atoms with Crippen molar-refractivity contribution in [2.75, 3.05) is 14.2 Å². The van der Waals surface area contributed by atoms with Gasteiger partial charge in [-0.05, 0) is 66.6 Å². The van der Waals surface area contributed by atoms with Gasteiger partial charge in [0.15, 0.2) is 4.77 Å². The van der Waals surface area contributed by atoms with Crippen molar-refractivity contribution in [3.63, 3.8) is 0 Å². The first-order valence-electron chi connectivity index (χ1n) is 8.94. The van der Waals surface area contributed by atoms with Crippen molar-refractivity contribution in [2.45, 2.75) is 32.0 Å². The first-order valence-corrected chi connectivity index (χ1v) is 9.35. The van der Waals surface area contributed by atoms with Gasteiger partial charge in [-0.15, -0.1) is 0 Å². The lowest BCUT2D eigenvalue weighted by atomic mass is 10.1. The van der Waals surface area contributed by atoms with Crippen LogP contribution in [0.5, 0.6) is 5.75 Å². The van der Waals surface area contributed by atoms with Crippen molar-refractivity contribution in [3.05, 3.63) is 52.6 Å². The maximum absolute atomic E-state index is 5.56. The average molecular weight is 369 g/mol. The van der Waals surface area contributed by atoms with Gasteiger partial charge in [0.1, 0.15) is 11.6 Å². The molecule has 0 spiro atoms. The van der Waals surface area contributed by atoms with Crippen LogP contribution in [-0.4, -0.2) is 33.4 Å². The fourth-order valence-electron chi connectivity index (χ4n) is 3.38. The van der Waals surface area contributed by atoms with E-state index in [1.165, 1.54) is 29.2 Å². The summed E-state index contributed by atoms with van der Waals surface area (Å²) in [6.07, 6.45) is 2.47. The smallest absolute Gasteiger partial charge is 0.198 e. The third-order valence-corrected chi connectivity index (χ3v) is 5.44. The Labute approximate surface area is 158 Å². The molecule has 1 fully saturated rings. The Hall–Kier alpha value is -2.18. The van der Waals surface area contributed by atoms with Crippen LogP contribution in [0.4, 0.5) is 0 Å². The zero-order chi connectivity index (χ0) is 18.3. The van der Waals surface area contributed by atoms with E-state index in [9.17, 15) is 0 Å². The molecule has 26 heavy (non-hydrogen) atoms. The van der Waals surface area contributed by atoms with Crippen molar-refractivity contribution < 1.29 is 4.74 Å². The lowest BCUT2D eigenvalue weighted by Gasteiger charge is -2.17. The highest BCUT2D eigenvalue weighted by Crippen LogP contribution is 2.38. The predicted octanol–water partition coefficient (Wildman–Crippen LogP) is 4.08. The van der Waals surface area contributed by atoms with Gasteiger partial charge in [0, 0.05) is 19.5 Å². The van der Waals surface area contributed by atoms with Crippen LogP contribution in [0.25, 0.3) is 10.8 Å². The fourth-order valence-corrected chi connectivity index (χ4v) is 3.57. The fraction of sp³-hybridized carbons (Fsp3) is 0.400. The molecule has 0 unspecified atom stereocenters. The second-order valence-electron chi connectivity index (χ2n) is 7.18. The highest BCUT2D eigenvalue weighted by Gasteiger charge is 2.29. The molecule has 0 saturated heterocycles. The van der Waals surface area contributed by atoms with E-state index in [4.69, 9.17) is 22.1 Å². The zero-order valence-corrected chi connectivity index (χ0v) is 16.3. The van der Waals surface area contributed by atoms with E-state index in [2.05, 4.69) is 46.8 Å². The Morgan fingerprint density at radius 2 is 1.92 bits per heavy atom. The lowest BCUT2D eigenvalue weighted by Crippen LogP contribution is -2.22. The van der Waals surface area contributed by atoms with E-state index >= 15 is 0 Å². The molecule has 0 amide bonds. The highest BCUT2D eigenvalue weighted by molar-refractivity contribution is 7.71. The van der Waals surface area contributed by atoms with Crippen LogP contribution in [0.1, 0.15) is 30.1 Å². The normalized spacial score (nSPS) is 14.3. The lowest BCUT2D eigenvalue weighted by molar-refractivity contribution is 0.243. The molecule has 0 N–H and O–H groups in total. The monoisotopic (exact) mass is 368 g/mol. The van der Waals surface area contributed by atoms with Crippen molar-refractivity contribution in [1.29, 1.82) is 0 Å². The van der Waals surface area contributed by atoms with Gasteiger partial charge in [0.2, 0.25) is 0 Å². The number of ether oxygens (including phenoxy) is 1. The molecule has 5 nitrogen and oxygen atoms in total. The topological polar surface area (TPSA) is 35.2 Å². The van der Waals surface area contributed by atoms with Gasteiger partial charge in [0.25, 0.3) is 0 Å². The minimum Gasteiger partial charge on any atom is -0.497 e. The van der Waals surface area contributed by atoms with Crippen LogP contribution in [0, 0.1) is 4.77 Å². The molecular weight excluding hydrogens is 344 g/mol. The summed E-state index contributed by atoms with van der Waals surface area (Å²) in [5.74, 6) is 2.62. The van der Waals surface area contributed by atoms with Gasteiger partial charge in [-0.2, -0.15) is 5.10 Å². The van der Waals surface area contributed by atoms with Gasteiger partial charge in [-0.3, -0.25) is 4.90 Å². The van der Waals surface area contributed by atoms with Crippen LogP contribution in [-0.2, 0) is 20.3 Å². The molecule has 1 saturated carbocycles. The second kappa shape index (κ2) is 6.85. The SMILES string of the molecule is COc1ccc2cc(CN(C)Cn3nc(C4CC4)n(C)c3=S)ccc2c1. The van der Waals surface area contributed by atoms with Crippen LogP contribution in [0.15, 0.2) is 36.4 Å². The summed E-state index contributed by atoms with van der Waals surface area (Å²) in [6.45, 7) is 1.54. The van der Waals surface area contributed by atoms with E-state index in [0.717, 1.165) is 22.9 Å². The summed E-state index contributed by atoms with van der Waals surface area (Å²) in [5.41, 5.74) is 1.27. The molecule has 2 aromatic carbocycles. The van der Waals surface area contributed by atoms with E-state index < -0.39 is 0 Å². The average Bonchev–Trinajstić information content (AvgIpc) is 3.44. The van der Waals surface area contributed by atoms with Crippen LogP contribution in [0.2, 0.25) is 0 Å². The van der Waals surface area contributed by atoms with Crippen molar-refractivity contribution in [3.8, 4) is 5.75 Å². The van der Waals surface area contributed by atoms with Gasteiger partial charge < -0.3 is 9.30 Å². The maximum Gasteiger partial charge on any atom is 0.198 e. The summed E-state index contributed by atoms with van der Waals surface area (Å²) in [6, 6.07) is 12.7. The van der Waals surface area contributed by atoms with Crippen LogP contribution >= 0.6 is 12.2 Å². The molecule has 0 atom stereocenters. The van der Waals surface area contributed by atoms with Crippen molar-refractivity contribution in [2.24, 2.45) is 7.05 Å². The van der Waals surface area contributed by atoms with Crippen LogP contribution in [0.3, 0.4) is 0 Å². The second-order valence-corrected chi connectivity index (χ2v) is 7.54. The molecule has 6 heteroatoms. The zero-order valence-electron chi connectivity index (χ0n) is 15.5. The number of aromatic nitrogens is 3. The van der Waals surface area contributed by atoms with Crippen molar-refractivity contribution >= 4 is 23.0 Å². The summed E-state index contributed by atoms with van der Waals surface area (Å²) in [7, 11) is 5.82. The predicted molar refractivity (Wildman–Crippen MR) is 106 cm³/mol. The van der Waals surface area contributed by atoms with Crippen LogP contribution < -0.4 is 4.74 Å². The minimum atomic E-state index is 0.603. The molecule has 0 radical (unpaired) electrons. The number of nitrogens with zero attached hydrogens (tertiary/aromatic N) is 4. The summed E-state index contributed by atoms with van der Waals surface area (Å²) < 4.78 is 10.1. The molecule has 0 bridgehead atoms. The highest BCUT2D eigenvalue weighted by atomic mass is 32.1. The number of fused-ring (bicyclic) bond motifs is 1. The van der Waals surface area contributed by atoms with E-state index in [-0.39, 0.29) is 0 Å². The molecule has 136 valence electrons. The first kappa shape index (κ1) is 17.2. The van der Waals surface area contributed by atoms with E-state index in [0.29, 0.717) is 12.6 Å². The van der Waals surface area contributed by atoms with Gasteiger partial charge >= 0.3 is 0 Å². The Morgan fingerprint density at radius 1 is 1.19 bits per heavy atom. The number of hydrogen-bond acceptors (Lipinski definition) is 4. The summed E-state index contributed by atoms with van der Waals surface area (Å²) in [5, 5.41) is 7.16. The van der Waals surface area contributed by atoms with Gasteiger partial charge in [-0.1, -0.05) is 18.2 Å². The Bertz CT molecular complexity index is 1000. The number of benzene rings is 2. The van der Waals surface area contributed by atoms with E-state index in [1.807, 2.05) is 17.8 Å². The largest absolute Gasteiger partial charge is 0.497 e. The Morgan fingerprint density at radius 3 is 2.65 bits per heavy atom. The molecule has 1 aliphatic carbocycles. The molecular formula is C20H24N4OS. The van der Waals surface area contributed by atoms with Gasteiger partial charge in [-0.25, -0.2) is 4.68 Å². The molecule has 1 aromatic heterocycles. The molecule has 3 aromatic rings. The van der Waals surface area contributed by atoms with Gasteiger partial charge in [0.05, 0.1) is 13.8 Å². The molecule has 4 rings (SSSR count). The van der Waals surface area contributed by atoms with Crippen molar-refractivity contribution in [1.82, 2.24) is 19.2 Å². The Balaban J connectivity index is 1.49. The maximum atomic E-state index is 5.56. The van der Waals surface area contributed by atoms with E-state index in [1.54, 1.807) is 7.11 Å². The Kier molecular flexibility index (Phi) is 4.54. The third kappa shape index (κ3) is 3.39. The standard InChI is InChI=1S/C20H24N4OS/c1-22(13-24-20(26)23(2)19(21-24)15-6-7-15)12-14-4-5-17-11-18(25-3)9-8-16(17)10-14/h4-5,8-11,15H,6-7,12-13H2,1-3H3. The minimum absolute atomic E-state index is 0.603.